The molecule has 6 nitrogen and oxygen atoms in total. The van der Waals surface area contributed by atoms with Crippen molar-refractivity contribution in [2.24, 2.45) is 5.92 Å². The van der Waals surface area contributed by atoms with Gasteiger partial charge < -0.3 is 15.4 Å². The van der Waals surface area contributed by atoms with Crippen molar-refractivity contribution in [2.45, 2.75) is 38.1 Å². The Bertz CT molecular complexity index is 570. The lowest BCUT2D eigenvalue weighted by Gasteiger charge is -2.28. The molecule has 4 atom stereocenters. The number of fused-ring (bicyclic) bond motifs is 1. The predicted molar refractivity (Wildman–Crippen MR) is 84.5 cm³/mol. The number of hydrazine groups is 1. The molecular weight excluding hydrogens is 318 g/mol. The molecule has 4 unspecified atom stereocenters. The van der Waals surface area contributed by atoms with Crippen molar-refractivity contribution in [3.8, 4) is 5.75 Å². The summed E-state index contributed by atoms with van der Waals surface area (Å²) in [6, 6.07) is 6.09. The summed E-state index contributed by atoms with van der Waals surface area (Å²) in [7, 11) is 0. The Morgan fingerprint density at radius 3 is 2.75 bits per heavy atom. The van der Waals surface area contributed by atoms with E-state index in [1.807, 2.05) is 6.92 Å². The van der Waals surface area contributed by atoms with Crippen LogP contribution in [0.15, 0.2) is 24.3 Å². The number of amides is 1. The van der Waals surface area contributed by atoms with Gasteiger partial charge in [0.1, 0.15) is 11.8 Å². The second-order valence-corrected chi connectivity index (χ2v) is 6.21. The molecule has 0 saturated carbocycles. The topological polar surface area (TPSA) is 74.4 Å². The van der Waals surface area contributed by atoms with Crippen LogP contribution in [0.2, 0.25) is 0 Å². The number of alkyl halides is 2. The third-order valence-electron chi connectivity index (χ3n) is 4.63. The molecular formula is C16H22F2N4O2. The summed E-state index contributed by atoms with van der Waals surface area (Å²) >= 11 is 0. The van der Waals surface area contributed by atoms with Gasteiger partial charge in [-0.2, -0.15) is 8.78 Å². The van der Waals surface area contributed by atoms with E-state index < -0.39 is 6.61 Å². The van der Waals surface area contributed by atoms with Crippen LogP contribution in [0.5, 0.6) is 5.75 Å². The van der Waals surface area contributed by atoms with E-state index in [1.165, 1.54) is 12.1 Å². The maximum absolute atomic E-state index is 12.5. The lowest BCUT2D eigenvalue weighted by Crippen LogP contribution is -2.49. The van der Waals surface area contributed by atoms with Gasteiger partial charge in [-0.1, -0.05) is 12.1 Å². The van der Waals surface area contributed by atoms with E-state index in [0.29, 0.717) is 6.04 Å². The molecule has 24 heavy (non-hydrogen) atoms. The zero-order valence-electron chi connectivity index (χ0n) is 13.4. The van der Waals surface area contributed by atoms with Crippen molar-refractivity contribution in [3.63, 3.8) is 0 Å². The van der Waals surface area contributed by atoms with E-state index >= 15 is 0 Å². The zero-order valence-corrected chi connectivity index (χ0v) is 13.4. The summed E-state index contributed by atoms with van der Waals surface area (Å²) in [4.78, 5) is 12.5. The number of halogens is 2. The first kappa shape index (κ1) is 17.1. The van der Waals surface area contributed by atoms with E-state index in [2.05, 4.69) is 26.2 Å². The van der Waals surface area contributed by atoms with Crippen LogP contribution in [0.4, 0.5) is 8.78 Å². The fraction of sp³-hybridized carbons (Fsp3) is 0.562. The van der Waals surface area contributed by atoms with Gasteiger partial charge in [-0.15, -0.1) is 0 Å². The van der Waals surface area contributed by atoms with Crippen LogP contribution in [-0.2, 0) is 4.79 Å². The van der Waals surface area contributed by atoms with Crippen LogP contribution >= 0.6 is 0 Å². The van der Waals surface area contributed by atoms with Crippen molar-refractivity contribution in [2.75, 3.05) is 13.1 Å². The molecule has 2 saturated heterocycles. The fourth-order valence-corrected chi connectivity index (χ4v) is 3.30. The number of hydrogen-bond donors (Lipinski definition) is 4. The number of nitrogens with one attached hydrogen (secondary N) is 4. The molecule has 132 valence electrons. The van der Waals surface area contributed by atoms with Gasteiger partial charge >= 0.3 is 6.61 Å². The first-order valence-electron chi connectivity index (χ1n) is 8.11. The number of ether oxygens (including phenoxy) is 1. The highest BCUT2D eigenvalue weighted by Gasteiger charge is 2.41. The number of carbonyl (C=O) groups is 1. The third kappa shape index (κ3) is 3.82. The number of hydrogen-bond acceptors (Lipinski definition) is 5. The molecule has 0 bridgehead atoms. The van der Waals surface area contributed by atoms with Gasteiger partial charge in [0.2, 0.25) is 5.91 Å². The first-order valence-corrected chi connectivity index (χ1v) is 8.11. The molecule has 0 spiro atoms. The third-order valence-corrected chi connectivity index (χ3v) is 4.63. The van der Waals surface area contributed by atoms with Gasteiger partial charge in [0.15, 0.2) is 0 Å². The van der Waals surface area contributed by atoms with Gasteiger partial charge in [0.05, 0.1) is 6.04 Å². The second kappa shape index (κ2) is 7.42. The van der Waals surface area contributed by atoms with E-state index in [9.17, 15) is 13.6 Å². The minimum atomic E-state index is -2.84. The monoisotopic (exact) mass is 340 g/mol. The Kier molecular flexibility index (Phi) is 5.27. The zero-order chi connectivity index (χ0) is 17.1. The average molecular weight is 340 g/mol. The summed E-state index contributed by atoms with van der Waals surface area (Å²) in [6.45, 7) is 0.774. The Labute approximate surface area is 139 Å². The molecule has 2 aliphatic heterocycles. The molecule has 2 fully saturated rings. The summed E-state index contributed by atoms with van der Waals surface area (Å²) in [5.74, 6) is 0.247. The molecule has 0 aromatic heterocycles. The average Bonchev–Trinajstić information content (AvgIpc) is 2.99. The molecule has 8 heteroatoms. The van der Waals surface area contributed by atoms with Gasteiger partial charge in [0.25, 0.3) is 0 Å². The highest BCUT2D eigenvalue weighted by molar-refractivity contribution is 5.83. The molecule has 1 amide bonds. The smallest absolute Gasteiger partial charge is 0.387 e. The van der Waals surface area contributed by atoms with Crippen LogP contribution in [-0.4, -0.2) is 37.7 Å². The summed E-state index contributed by atoms with van der Waals surface area (Å²) < 4.78 is 28.7. The Morgan fingerprint density at radius 1 is 1.29 bits per heavy atom. The van der Waals surface area contributed by atoms with E-state index in [1.54, 1.807) is 12.1 Å². The Morgan fingerprint density at radius 2 is 2.04 bits per heavy atom. The number of piperidine rings is 1. The van der Waals surface area contributed by atoms with Crippen molar-refractivity contribution in [1.29, 1.82) is 0 Å². The molecule has 1 aromatic carbocycles. The van der Waals surface area contributed by atoms with Crippen LogP contribution in [0.3, 0.4) is 0 Å². The fourth-order valence-electron chi connectivity index (χ4n) is 3.30. The quantitative estimate of drug-likeness (QED) is 0.641. The number of carbonyl (C=O) groups excluding carboxylic acids is 1. The summed E-state index contributed by atoms with van der Waals surface area (Å²) in [6.07, 6.45) is 0.989. The van der Waals surface area contributed by atoms with E-state index in [0.717, 1.165) is 25.1 Å². The molecule has 0 aliphatic carbocycles. The number of rotatable bonds is 5. The Balaban J connectivity index is 1.57. The summed E-state index contributed by atoms with van der Waals surface area (Å²) in [5.41, 5.74) is 7.10. The normalized spacial score (nSPS) is 27.6. The largest absolute Gasteiger partial charge is 0.435 e. The molecule has 4 N–H and O–H groups in total. The number of benzene rings is 1. The van der Waals surface area contributed by atoms with Crippen LogP contribution in [0, 0.1) is 5.92 Å². The maximum Gasteiger partial charge on any atom is 0.387 e. The van der Waals surface area contributed by atoms with Crippen LogP contribution in [0.25, 0.3) is 0 Å². The van der Waals surface area contributed by atoms with Crippen molar-refractivity contribution < 1.29 is 18.3 Å². The van der Waals surface area contributed by atoms with E-state index in [4.69, 9.17) is 0 Å². The van der Waals surface area contributed by atoms with Crippen LogP contribution in [0.1, 0.15) is 24.9 Å². The van der Waals surface area contributed by atoms with Crippen LogP contribution < -0.4 is 26.2 Å². The molecule has 3 rings (SSSR count). The minimum absolute atomic E-state index is 0.0703. The van der Waals surface area contributed by atoms with Crippen molar-refractivity contribution in [3.05, 3.63) is 29.8 Å². The molecule has 1 aromatic rings. The highest BCUT2D eigenvalue weighted by atomic mass is 19.3. The summed E-state index contributed by atoms with van der Waals surface area (Å²) in [5, 5.41) is 6.29. The molecule has 2 heterocycles. The lowest BCUT2D eigenvalue weighted by molar-refractivity contribution is -0.124. The lowest BCUT2D eigenvalue weighted by atomic mass is 9.89. The maximum atomic E-state index is 12.5. The standard InChI is InChI=1S/C16H22F2N4O2/c1-9(10-2-4-11(5-3-10)24-16(17)18)20-15(23)14-12-8-19-7-6-13(12)21-22-14/h2-5,9,12-14,16,19,21-22H,6-8H2,1H3,(H,20,23). The highest BCUT2D eigenvalue weighted by Crippen LogP contribution is 2.22. The van der Waals surface area contributed by atoms with Gasteiger partial charge in [-0.3, -0.25) is 10.2 Å². The minimum Gasteiger partial charge on any atom is -0.435 e. The van der Waals surface area contributed by atoms with Crippen molar-refractivity contribution in [1.82, 2.24) is 21.5 Å². The Hall–Kier alpha value is -1.77. The molecule has 0 radical (unpaired) electrons. The van der Waals surface area contributed by atoms with Gasteiger partial charge in [-0.05, 0) is 37.6 Å². The predicted octanol–water partition coefficient (Wildman–Crippen LogP) is 0.920. The SMILES string of the molecule is CC(NC(=O)C1NNC2CCNCC21)c1ccc(OC(F)F)cc1. The molecule has 2 aliphatic rings. The van der Waals surface area contributed by atoms with Gasteiger partial charge in [0, 0.05) is 18.5 Å². The van der Waals surface area contributed by atoms with Crippen molar-refractivity contribution >= 4 is 5.91 Å². The van der Waals surface area contributed by atoms with Gasteiger partial charge in [-0.25, -0.2) is 5.43 Å². The first-order chi connectivity index (χ1) is 11.5. The van der Waals surface area contributed by atoms with E-state index in [-0.39, 0.29) is 29.7 Å². The second-order valence-electron chi connectivity index (χ2n) is 6.21.